The number of hydrogen-bond acceptors (Lipinski definition) is 3. The van der Waals surface area contributed by atoms with E-state index in [1.165, 1.54) is 17.8 Å². The molecule has 2 unspecified atom stereocenters. The van der Waals surface area contributed by atoms with Crippen LogP contribution in [0.2, 0.25) is 0 Å². The van der Waals surface area contributed by atoms with Crippen molar-refractivity contribution in [2.45, 2.75) is 53.4 Å². The Hall–Kier alpha value is -2.36. The van der Waals surface area contributed by atoms with Crippen LogP contribution in [0.25, 0.3) is 16.8 Å². The van der Waals surface area contributed by atoms with Crippen molar-refractivity contribution in [3.05, 3.63) is 47.8 Å². The Balaban J connectivity index is 1.97. The monoisotopic (exact) mass is 376 g/mol. The molecule has 2 atom stereocenters. The van der Waals surface area contributed by atoms with Crippen LogP contribution in [-0.2, 0) is 5.41 Å². The highest BCUT2D eigenvalue weighted by molar-refractivity contribution is 5.81. The first-order chi connectivity index (χ1) is 13.2. The molecule has 1 aromatic carbocycles. The second kappa shape index (κ2) is 6.91. The van der Waals surface area contributed by atoms with Crippen LogP contribution in [0.1, 0.15) is 52.4 Å². The van der Waals surface area contributed by atoms with Crippen molar-refractivity contribution in [3.63, 3.8) is 0 Å². The molecule has 1 fully saturated rings. The van der Waals surface area contributed by atoms with Gasteiger partial charge in [-0.05, 0) is 30.7 Å². The molecule has 1 aliphatic rings. The molecule has 4 nitrogen and oxygen atoms in total. The lowest BCUT2D eigenvalue weighted by atomic mass is 9.90. The van der Waals surface area contributed by atoms with Crippen molar-refractivity contribution in [1.82, 2.24) is 14.6 Å². The molecule has 0 spiro atoms. The lowest BCUT2D eigenvalue weighted by Gasteiger charge is -2.37. The third-order valence-corrected chi connectivity index (χ3v) is 5.77. The number of nitrogens with zero attached hydrogens (tertiary/aromatic N) is 4. The summed E-state index contributed by atoms with van der Waals surface area (Å²) < 4.78 is 2.08. The van der Waals surface area contributed by atoms with E-state index in [0.717, 1.165) is 35.7 Å². The van der Waals surface area contributed by atoms with Gasteiger partial charge < -0.3 is 4.90 Å². The average Bonchev–Trinajstić information content (AvgIpc) is 2.95. The number of hydrogen-bond donors (Lipinski definition) is 0. The van der Waals surface area contributed by atoms with E-state index in [9.17, 15) is 0 Å². The van der Waals surface area contributed by atoms with Gasteiger partial charge in [0.15, 0.2) is 5.65 Å². The molecule has 1 aliphatic heterocycles. The Bertz CT molecular complexity index is 971. The molecule has 148 valence electrons. The van der Waals surface area contributed by atoms with Gasteiger partial charge in [-0.3, -0.25) is 0 Å². The minimum atomic E-state index is -0.0182. The van der Waals surface area contributed by atoms with E-state index >= 15 is 0 Å². The van der Waals surface area contributed by atoms with Crippen molar-refractivity contribution >= 4 is 11.5 Å². The summed E-state index contributed by atoms with van der Waals surface area (Å²) in [5.74, 6) is 2.56. The molecule has 4 heteroatoms. The number of fused-ring (bicyclic) bond motifs is 1. The topological polar surface area (TPSA) is 33.4 Å². The predicted octanol–water partition coefficient (Wildman–Crippen LogP) is 5.48. The van der Waals surface area contributed by atoms with E-state index in [1.807, 2.05) is 0 Å². The fraction of sp³-hybridized carbons (Fsp3) is 0.500. The van der Waals surface area contributed by atoms with Crippen LogP contribution in [0.15, 0.2) is 36.4 Å². The van der Waals surface area contributed by atoms with Gasteiger partial charge in [0.25, 0.3) is 0 Å². The van der Waals surface area contributed by atoms with Crippen LogP contribution in [-0.4, -0.2) is 27.7 Å². The van der Waals surface area contributed by atoms with Crippen LogP contribution in [0.4, 0.5) is 5.82 Å². The molecule has 28 heavy (non-hydrogen) atoms. The summed E-state index contributed by atoms with van der Waals surface area (Å²) in [6.45, 7) is 15.7. The maximum absolute atomic E-state index is 5.11. The lowest BCUT2D eigenvalue weighted by Crippen LogP contribution is -2.40. The fourth-order valence-corrected chi connectivity index (χ4v) is 4.51. The second-order valence-electron chi connectivity index (χ2n) is 9.66. The van der Waals surface area contributed by atoms with E-state index < -0.39 is 0 Å². The van der Waals surface area contributed by atoms with Crippen molar-refractivity contribution in [3.8, 4) is 11.1 Å². The van der Waals surface area contributed by atoms with Crippen molar-refractivity contribution < 1.29 is 0 Å². The van der Waals surface area contributed by atoms with Crippen LogP contribution < -0.4 is 4.90 Å². The summed E-state index contributed by atoms with van der Waals surface area (Å²) in [6.07, 6.45) is 1.30. The highest BCUT2D eigenvalue weighted by Crippen LogP contribution is 2.34. The fourth-order valence-electron chi connectivity index (χ4n) is 4.51. The number of benzene rings is 1. The Morgan fingerprint density at radius 1 is 1.00 bits per heavy atom. The normalized spacial score (nSPS) is 20.7. The molecule has 4 rings (SSSR count). The quantitative estimate of drug-likeness (QED) is 0.593. The maximum atomic E-state index is 5.11. The molecule has 0 saturated carbocycles. The van der Waals surface area contributed by atoms with Gasteiger partial charge in [-0.2, -0.15) is 9.61 Å². The largest absolute Gasteiger partial charge is 0.356 e. The molecular weight excluding hydrogens is 344 g/mol. The minimum Gasteiger partial charge on any atom is -0.356 e. The zero-order chi connectivity index (χ0) is 20.1. The van der Waals surface area contributed by atoms with Crippen LogP contribution in [0, 0.1) is 18.8 Å². The molecule has 1 saturated heterocycles. The SMILES string of the molecule is Cc1nn2c(N3CC(C)CC(C)C3)cc(C(C)(C)C)nc2c1-c1ccccc1. The highest BCUT2D eigenvalue weighted by atomic mass is 15.4. The van der Waals surface area contributed by atoms with Gasteiger partial charge in [0.05, 0.1) is 11.4 Å². The Morgan fingerprint density at radius 3 is 2.25 bits per heavy atom. The lowest BCUT2D eigenvalue weighted by molar-refractivity contribution is 0.354. The van der Waals surface area contributed by atoms with Crippen molar-refractivity contribution in [2.75, 3.05) is 18.0 Å². The van der Waals surface area contributed by atoms with Crippen molar-refractivity contribution in [2.24, 2.45) is 11.8 Å². The molecular formula is C24H32N4. The first-order valence-electron chi connectivity index (χ1n) is 10.4. The smallest absolute Gasteiger partial charge is 0.165 e. The van der Waals surface area contributed by atoms with E-state index in [1.54, 1.807) is 0 Å². The van der Waals surface area contributed by atoms with Crippen LogP contribution >= 0.6 is 0 Å². The van der Waals surface area contributed by atoms with Crippen LogP contribution in [0.3, 0.4) is 0 Å². The summed E-state index contributed by atoms with van der Waals surface area (Å²) in [5.41, 5.74) is 5.43. The number of aryl methyl sites for hydroxylation is 1. The summed E-state index contributed by atoms with van der Waals surface area (Å²) in [6, 6.07) is 12.8. The molecule has 3 aromatic rings. The summed E-state index contributed by atoms with van der Waals surface area (Å²) in [7, 11) is 0. The predicted molar refractivity (Wildman–Crippen MR) is 117 cm³/mol. The van der Waals surface area contributed by atoms with Gasteiger partial charge in [-0.1, -0.05) is 65.0 Å². The van der Waals surface area contributed by atoms with Crippen molar-refractivity contribution in [1.29, 1.82) is 0 Å². The molecule has 3 heterocycles. The maximum Gasteiger partial charge on any atom is 0.165 e. The summed E-state index contributed by atoms with van der Waals surface area (Å²) in [5, 5.41) is 4.95. The number of piperidine rings is 1. The van der Waals surface area contributed by atoms with Gasteiger partial charge in [0, 0.05) is 30.1 Å². The molecule has 0 radical (unpaired) electrons. The molecule has 0 amide bonds. The second-order valence-corrected chi connectivity index (χ2v) is 9.66. The zero-order valence-corrected chi connectivity index (χ0v) is 18.0. The zero-order valence-electron chi connectivity index (χ0n) is 18.0. The third kappa shape index (κ3) is 3.41. The summed E-state index contributed by atoms with van der Waals surface area (Å²) in [4.78, 5) is 7.63. The Labute approximate surface area is 168 Å². The van der Waals surface area contributed by atoms with E-state index in [-0.39, 0.29) is 5.41 Å². The standard InChI is InChI=1S/C24H32N4/c1-16-12-17(2)15-27(14-16)21-13-20(24(4,5)6)25-23-22(18(3)26-28(21)23)19-10-8-7-9-11-19/h7-11,13,16-17H,12,14-15H2,1-6H3. The van der Waals surface area contributed by atoms with Gasteiger partial charge >= 0.3 is 0 Å². The van der Waals surface area contributed by atoms with Gasteiger partial charge in [0.1, 0.15) is 5.82 Å². The van der Waals surface area contributed by atoms with Gasteiger partial charge in [0.2, 0.25) is 0 Å². The first-order valence-corrected chi connectivity index (χ1v) is 10.4. The van der Waals surface area contributed by atoms with Crippen LogP contribution in [0.5, 0.6) is 0 Å². The third-order valence-electron chi connectivity index (χ3n) is 5.77. The molecule has 0 aliphatic carbocycles. The minimum absolute atomic E-state index is 0.0182. The average molecular weight is 377 g/mol. The number of anilines is 1. The van der Waals surface area contributed by atoms with E-state index in [4.69, 9.17) is 10.1 Å². The molecule has 0 N–H and O–H groups in total. The van der Waals surface area contributed by atoms with E-state index in [2.05, 4.69) is 87.4 Å². The van der Waals surface area contributed by atoms with Gasteiger partial charge in [-0.15, -0.1) is 0 Å². The van der Waals surface area contributed by atoms with E-state index in [0.29, 0.717) is 11.8 Å². The summed E-state index contributed by atoms with van der Waals surface area (Å²) >= 11 is 0. The number of rotatable bonds is 2. The Morgan fingerprint density at radius 2 is 1.64 bits per heavy atom. The highest BCUT2D eigenvalue weighted by Gasteiger charge is 2.28. The number of aromatic nitrogens is 3. The first kappa shape index (κ1) is 19.0. The molecule has 2 aromatic heterocycles. The Kier molecular flexibility index (Phi) is 4.68. The van der Waals surface area contributed by atoms with Gasteiger partial charge in [-0.25, -0.2) is 4.98 Å². The molecule has 0 bridgehead atoms.